The zero-order chi connectivity index (χ0) is 18.8. The van der Waals surface area contributed by atoms with E-state index in [-0.39, 0.29) is 11.3 Å². The maximum atomic E-state index is 13.2. The van der Waals surface area contributed by atoms with Crippen LogP contribution in [0, 0.1) is 23.7 Å². The monoisotopic (exact) mass is 367 g/mol. The molecule has 4 unspecified atom stereocenters. The van der Waals surface area contributed by atoms with E-state index < -0.39 is 0 Å². The van der Waals surface area contributed by atoms with Crippen LogP contribution in [0.3, 0.4) is 0 Å². The Bertz CT molecular complexity index is 766. The quantitative estimate of drug-likeness (QED) is 0.872. The minimum atomic E-state index is 0.0405. The van der Waals surface area contributed by atoms with Crippen molar-refractivity contribution >= 4 is 5.78 Å². The number of fused-ring (bicyclic) bond motifs is 1. The Hall–Kier alpha value is -1.35. The second kappa shape index (κ2) is 6.34. The molecule has 3 aliphatic carbocycles. The van der Waals surface area contributed by atoms with Crippen LogP contribution in [-0.2, 0) is 23.1 Å². The van der Waals surface area contributed by atoms with Crippen LogP contribution in [-0.4, -0.2) is 25.5 Å². The molecule has 27 heavy (non-hydrogen) atoms. The number of carbonyl (C=O) groups is 1. The highest BCUT2D eigenvalue weighted by Crippen LogP contribution is 2.56. The fourth-order valence-corrected chi connectivity index (χ4v) is 6.48. The largest absolute Gasteiger partial charge is 0.497 e. The SMILES string of the molecule is COc1cc(CC2CC2)c2c(c1)C13CCNC(C2)C1CC(C(C)C)C(=O)C3. The molecule has 0 radical (unpaired) electrons. The number of ketones is 1. The maximum Gasteiger partial charge on any atom is 0.137 e. The Balaban J connectivity index is 1.63. The lowest BCUT2D eigenvalue weighted by Crippen LogP contribution is -2.62. The lowest BCUT2D eigenvalue weighted by Gasteiger charge is -2.57. The van der Waals surface area contributed by atoms with Gasteiger partial charge in [-0.3, -0.25) is 4.79 Å². The van der Waals surface area contributed by atoms with Crippen molar-refractivity contribution in [3.8, 4) is 5.75 Å². The highest BCUT2D eigenvalue weighted by atomic mass is 16.5. The van der Waals surface area contributed by atoms with E-state index in [1.165, 1.54) is 30.4 Å². The smallest absolute Gasteiger partial charge is 0.137 e. The molecule has 1 saturated heterocycles. The molecule has 1 aromatic carbocycles. The third-order valence-corrected chi connectivity index (χ3v) is 8.11. The third-order valence-electron chi connectivity index (χ3n) is 8.11. The number of benzene rings is 1. The van der Waals surface area contributed by atoms with Gasteiger partial charge in [-0.25, -0.2) is 0 Å². The number of piperidine rings is 1. The number of ether oxygens (including phenoxy) is 1. The molecule has 2 saturated carbocycles. The van der Waals surface area contributed by atoms with Gasteiger partial charge in [0.25, 0.3) is 0 Å². The molecule has 3 fully saturated rings. The van der Waals surface area contributed by atoms with Gasteiger partial charge in [0.2, 0.25) is 0 Å². The van der Waals surface area contributed by atoms with Gasteiger partial charge in [-0.1, -0.05) is 13.8 Å². The van der Waals surface area contributed by atoms with Crippen molar-refractivity contribution in [2.45, 2.75) is 70.3 Å². The molecule has 4 atom stereocenters. The minimum Gasteiger partial charge on any atom is -0.497 e. The molecule has 2 bridgehead atoms. The molecule has 1 aliphatic heterocycles. The van der Waals surface area contributed by atoms with Gasteiger partial charge < -0.3 is 10.1 Å². The summed E-state index contributed by atoms with van der Waals surface area (Å²) >= 11 is 0. The number of rotatable bonds is 4. The Morgan fingerprint density at radius 2 is 2.11 bits per heavy atom. The van der Waals surface area contributed by atoms with Gasteiger partial charge in [-0.05, 0) is 91.6 Å². The van der Waals surface area contributed by atoms with Gasteiger partial charge in [0.05, 0.1) is 7.11 Å². The van der Waals surface area contributed by atoms with Crippen LogP contribution in [0.2, 0.25) is 0 Å². The van der Waals surface area contributed by atoms with Crippen LogP contribution in [0.4, 0.5) is 0 Å². The third kappa shape index (κ3) is 2.76. The lowest BCUT2D eigenvalue weighted by atomic mass is 9.50. The van der Waals surface area contributed by atoms with Crippen molar-refractivity contribution < 1.29 is 9.53 Å². The van der Waals surface area contributed by atoms with Gasteiger partial charge in [-0.2, -0.15) is 0 Å². The van der Waals surface area contributed by atoms with E-state index in [1.807, 2.05) is 0 Å². The summed E-state index contributed by atoms with van der Waals surface area (Å²) in [5.41, 5.74) is 4.55. The summed E-state index contributed by atoms with van der Waals surface area (Å²) in [5, 5.41) is 3.84. The summed E-state index contributed by atoms with van der Waals surface area (Å²) < 4.78 is 5.72. The number of nitrogens with one attached hydrogen (secondary N) is 1. The maximum absolute atomic E-state index is 13.2. The van der Waals surface area contributed by atoms with Crippen LogP contribution < -0.4 is 10.1 Å². The molecule has 1 aromatic rings. The molecule has 1 N–H and O–H groups in total. The topological polar surface area (TPSA) is 38.3 Å². The van der Waals surface area contributed by atoms with Crippen molar-refractivity contribution in [2.75, 3.05) is 13.7 Å². The molecule has 0 amide bonds. The number of carbonyl (C=O) groups excluding carboxylic acids is 1. The van der Waals surface area contributed by atoms with Crippen molar-refractivity contribution in [3.05, 3.63) is 28.8 Å². The zero-order valence-corrected chi connectivity index (χ0v) is 17.0. The van der Waals surface area contributed by atoms with E-state index in [0.717, 1.165) is 43.9 Å². The van der Waals surface area contributed by atoms with Crippen LogP contribution in [0.5, 0.6) is 5.75 Å². The summed E-state index contributed by atoms with van der Waals surface area (Å²) in [4.78, 5) is 13.2. The van der Waals surface area contributed by atoms with E-state index in [1.54, 1.807) is 12.7 Å². The lowest BCUT2D eigenvalue weighted by molar-refractivity contribution is -0.132. The fourth-order valence-electron chi connectivity index (χ4n) is 6.48. The fraction of sp³-hybridized carbons (Fsp3) is 0.708. The summed E-state index contributed by atoms with van der Waals surface area (Å²) in [6, 6.07) is 5.11. The van der Waals surface area contributed by atoms with Gasteiger partial charge in [0.1, 0.15) is 11.5 Å². The first kappa shape index (κ1) is 17.7. The molecule has 0 aromatic heterocycles. The Morgan fingerprint density at radius 1 is 1.30 bits per heavy atom. The van der Waals surface area contributed by atoms with Crippen LogP contribution in [0.1, 0.15) is 62.6 Å². The molecular weight excluding hydrogens is 334 g/mol. The number of methoxy groups -OCH3 is 1. The summed E-state index contributed by atoms with van der Waals surface area (Å²) in [5.74, 6) is 3.64. The first-order valence-corrected chi connectivity index (χ1v) is 11.0. The standard InChI is InChI=1S/C24H33NO2/c1-14(2)18-11-21-22-12-19-16(8-15-4-5-15)9-17(27-3)10-20(19)24(21,6-7-25-22)13-23(18)26/h9-10,14-15,18,21-22,25H,4-8,11-13H2,1-3H3. The average molecular weight is 368 g/mol. The zero-order valence-electron chi connectivity index (χ0n) is 17.0. The van der Waals surface area contributed by atoms with Gasteiger partial charge in [0, 0.05) is 23.8 Å². The molecule has 1 heterocycles. The van der Waals surface area contributed by atoms with Crippen molar-refractivity contribution in [2.24, 2.45) is 23.7 Å². The predicted molar refractivity (Wildman–Crippen MR) is 107 cm³/mol. The number of hydrogen-bond acceptors (Lipinski definition) is 3. The number of hydrogen-bond donors (Lipinski definition) is 1. The molecule has 4 aliphatic rings. The van der Waals surface area contributed by atoms with Gasteiger partial charge in [-0.15, -0.1) is 0 Å². The first-order chi connectivity index (χ1) is 13.0. The normalized spacial score (nSPS) is 35.0. The second-order valence-electron chi connectivity index (χ2n) is 9.97. The Kier molecular flexibility index (Phi) is 4.16. The van der Waals surface area contributed by atoms with E-state index in [0.29, 0.717) is 23.7 Å². The summed E-state index contributed by atoms with van der Waals surface area (Å²) in [6.07, 6.45) is 7.95. The van der Waals surface area contributed by atoms with Crippen LogP contribution >= 0.6 is 0 Å². The molecule has 0 spiro atoms. The Labute approximate surface area is 163 Å². The van der Waals surface area contributed by atoms with Crippen LogP contribution in [0.25, 0.3) is 0 Å². The molecule has 3 nitrogen and oxygen atoms in total. The average Bonchev–Trinajstić information content (AvgIpc) is 3.45. The van der Waals surface area contributed by atoms with Crippen molar-refractivity contribution in [1.82, 2.24) is 5.32 Å². The summed E-state index contributed by atoms with van der Waals surface area (Å²) in [7, 11) is 1.78. The predicted octanol–water partition coefficient (Wildman–Crippen LogP) is 4.05. The highest BCUT2D eigenvalue weighted by Gasteiger charge is 2.56. The van der Waals surface area contributed by atoms with Crippen molar-refractivity contribution in [3.63, 3.8) is 0 Å². The number of Topliss-reactive ketones (excluding diaryl/α,β-unsaturated/α-hetero) is 1. The second-order valence-corrected chi connectivity index (χ2v) is 9.97. The molecule has 5 rings (SSSR count). The van der Waals surface area contributed by atoms with Crippen molar-refractivity contribution in [1.29, 1.82) is 0 Å². The molecule has 146 valence electrons. The molecule has 3 heteroatoms. The van der Waals surface area contributed by atoms with E-state index >= 15 is 0 Å². The minimum absolute atomic E-state index is 0.0405. The summed E-state index contributed by atoms with van der Waals surface area (Å²) in [6.45, 7) is 5.48. The first-order valence-electron chi connectivity index (χ1n) is 11.0. The Morgan fingerprint density at radius 3 is 2.81 bits per heavy atom. The van der Waals surface area contributed by atoms with Crippen LogP contribution in [0.15, 0.2) is 12.1 Å². The van der Waals surface area contributed by atoms with E-state index in [2.05, 4.69) is 31.3 Å². The van der Waals surface area contributed by atoms with Gasteiger partial charge >= 0.3 is 0 Å². The van der Waals surface area contributed by atoms with Gasteiger partial charge in [0.15, 0.2) is 0 Å². The highest BCUT2D eigenvalue weighted by molar-refractivity contribution is 5.84. The molecular formula is C24H33NO2. The van der Waals surface area contributed by atoms with E-state index in [4.69, 9.17) is 4.74 Å². The van der Waals surface area contributed by atoms with E-state index in [9.17, 15) is 4.79 Å².